The van der Waals surface area contributed by atoms with E-state index >= 15 is 0 Å². The average molecular weight is 294 g/mol. The van der Waals surface area contributed by atoms with Crippen molar-refractivity contribution in [3.63, 3.8) is 0 Å². The van der Waals surface area contributed by atoms with E-state index in [4.69, 9.17) is 0 Å². The summed E-state index contributed by atoms with van der Waals surface area (Å²) in [6.07, 6.45) is 6.01. The van der Waals surface area contributed by atoms with Crippen LogP contribution < -0.4 is 5.56 Å². The Morgan fingerprint density at radius 2 is 2.05 bits per heavy atom. The Kier molecular flexibility index (Phi) is 3.65. The van der Waals surface area contributed by atoms with E-state index in [0.717, 1.165) is 22.5 Å². The number of hydrogen-bond donors (Lipinski definition) is 1. The Hall–Kier alpha value is -3.02. The Labute approximate surface area is 126 Å². The summed E-state index contributed by atoms with van der Waals surface area (Å²) in [6, 6.07) is 7.81. The highest BCUT2D eigenvalue weighted by Gasteiger charge is 2.14. The normalized spacial score (nSPS) is 10.6. The van der Waals surface area contributed by atoms with Crippen LogP contribution in [0.2, 0.25) is 0 Å². The average Bonchev–Trinajstić information content (AvgIpc) is 2.54. The van der Waals surface area contributed by atoms with Gasteiger partial charge in [0.1, 0.15) is 5.69 Å². The second-order valence-corrected chi connectivity index (χ2v) is 4.99. The van der Waals surface area contributed by atoms with E-state index in [1.54, 1.807) is 24.3 Å². The maximum atomic E-state index is 12.3. The minimum absolute atomic E-state index is 0.178. The Morgan fingerprint density at radius 3 is 2.86 bits per heavy atom. The quantitative estimate of drug-likeness (QED) is 0.795. The van der Waals surface area contributed by atoms with Gasteiger partial charge in [-0.1, -0.05) is 18.2 Å². The van der Waals surface area contributed by atoms with Crippen molar-refractivity contribution in [1.82, 2.24) is 19.9 Å². The van der Waals surface area contributed by atoms with E-state index < -0.39 is 5.56 Å². The largest absolute Gasteiger partial charge is 0.336 e. The van der Waals surface area contributed by atoms with Gasteiger partial charge >= 0.3 is 0 Å². The van der Waals surface area contributed by atoms with Crippen LogP contribution in [0.1, 0.15) is 16.1 Å². The number of amides is 1. The van der Waals surface area contributed by atoms with Gasteiger partial charge in [-0.2, -0.15) is 0 Å². The highest BCUT2D eigenvalue weighted by atomic mass is 16.2. The first-order valence-corrected chi connectivity index (χ1v) is 6.76. The van der Waals surface area contributed by atoms with Crippen molar-refractivity contribution in [3.8, 4) is 0 Å². The van der Waals surface area contributed by atoms with Gasteiger partial charge in [-0.15, -0.1) is 0 Å². The van der Waals surface area contributed by atoms with Crippen LogP contribution >= 0.6 is 0 Å². The molecule has 1 N–H and O–H groups in total. The van der Waals surface area contributed by atoms with Crippen LogP contribution in [-0.4, -0.2) is 32.8 Å². The molecule has 6 heteroatoms. The van der Waals surface area contributed by atoms with E-state index in [1.165, 1.54) is 6.20 Å². The van der Waals surface area contributed by atoms with Gasteiger partial charge in [0.05, 0.1) is 12.4 Å². The monoisotopic (exact) mass is 294 g/mol. The number of fused-ring (bicyclic) bond motifs is 1. The molecule has 0 aliphatic carbocycles. The zero-order chi connectivity index (χ0) is 15.5. The lowest BCUT2D eigenvalue weighted by Crippen LogP contribution is -2.28. The van der Waals surface area contributed by atoms with Gasteiger partial charge in [0, 0.05) is 31.4 Å². The SMILES string of the molecule is CN(Cc1cccc2cnccc12)C(=O)c1cncc(=O)[nH]1. The number of nitrogens with zero attached hydrogens (tertiary/aromatic N) is 3. The summed E-state index contributed by atoms with van der Waals surface area (Å²) in [5.74, 6) is -0.281. The molecule has 0 saturated carbocycles. The molecule has 0 unspecified atom stereocenters. The van der Waals surface area contributed by atoms with Crippen molar-refractivity contribution in [2.75, 3.05) is 7.05 Å². The van der Waals surface area contributed by atoms with Crippen LogP contribution in [0.5, 0.6) is 0 Å². The number of pyridine rings is 1. The van der Waals surface area contributed by atoms with Gasteiger partial charge in [-0.05, 0) is 17.0 Å². The molecule has 3 rings (SSSR count). The number of hydrogen-bond acceptors (Lipinski definition) is 4. The van der Waals surface area contributed by atoms with Gasteiger partial charge in [0.2, 0.25) is 0 Å². The van der Waals surface area contributed by atoms with Crippen LogP contribution in [-0.2, 0) is 6.54 Å². The molecule has 1 aromatic carbocycles. The third-order valence-corrected chi connectivity index (χ3v) is 3.41. The van der Waals surface area contributed by atoms with Gasteiger partial charge < -0.3 is 9.88 Å². The van der Waals surface area contributed by atoms with Gasteiger partial charge in [-0.3, -0.25) is 19.6 Å². The number of benzene rings is 1. The maximum Gasteiger partial charge on any atom is 0.272 e. The summed E-state index contributed by atoms with van der Waals surface area (Å²) in [5.41, 5.74) is 0.800. The molecule has 0 radical (unpaired) electrons. The molecule has 2 heterocycles. The minimum atomic E-state index is -0.393. The fraction of sp³-hybridized carbons (Fsp3) is 0.125. The summed E-state index contributed by atoms with van der Waals surface area (Å²) in [5, 5.41) is 2.08. The summed E-state index contributed by atoms with van der Waals surface area (Å²) < 4.78 is 0. The molecule has 6 nitrogen and oxygen atoms in total. The summed E-state index contributed by atoms with van der Waals surface area (Å²) >= 11 is 0. The number of rotatable bonds is 3. The van der Waals surface area contributed by atoms with Crippen molar-refractivity contribution in [2.24, 2.45) is 0 Å². The molecular weight excluding hydrogens is 280 g/mol. The second-order valence-electron chi connectivity index (χ2n) is 4.99. The minimum Gasteiger partial charge on any atom is -0.336 e. The molecule has 0 atom stereocenters. The lowest BCUT2D eigenvalue weighted by molar-refractivity contribution is 0.0779. The van der Waals surface area contributed by atoms with Crippen LogP contribution in [0.3, 0.4) is 0 Å². The van der Waals surface area contributed by atoms with Crippen LogP contribution in [0.4, 0.5) is 0 Å². The van der Waals surface area contributed by atoms with E-state index in [-0.39, 0.29) is 11.6 Å². The molecule has 110 valence electrons. The molecule has 0 bridgehead atoms. The third-order valence-electron chi connectivity index (χ3n) is 3.41. The third kappa shape index (κ3) is 2.71. The van der Waals surface area contributed by atoms with Crippen molar-refractivity contribution in [2.45, 2.75) is 6.54 Å². The molecule has 0 aliphatic rings. The van der Waals surface area contributed by atoms with Crippen LogP contribution in [0.25, 0.3) is 10.8 Å². The zero-order valence-corrected chi connectivity index (χ0v) is 12.0. The standard InChI is InChI=1S/C16H14N4O2/c1-20(16(22)14-8-18-9-15(21)19-14)10-12-4-2-3-11-7-17-6-5-13(11)12/h2-9H,10H2,1H3,(H,19,21). The van der Waals surface area contributed by atoms with Crippen molar-refractivity contribution in [1.29, 1.82) is 0 Å². The highest BCUT2D eigenvalue weighted by molar-refractivity contribution is 5.92. The number of aromatic amines is 1. The molecule has 0 saturated heterocycles. The first kappa shape index (κ1) is 13.9. The lowest BCUT2D eigenvalue weighted by Gasteiger charge is -2.18. The second kappa shape index (κ2) is 5.77. The summed E-state index contributed by atoms with van der Waals surface area (Å²) in [6.45, 7) is 0.428. The fourth-order valence-corrected chi connectivity index (χ4v) is 2.35. The fourth-order valence-electron chi connectivity index (χ4n) is 2.35. The molecule has 3 aromatic rings. The molecular formula is C16H14N4O2. The van der Waals surface area contributed by atoms with Crippen molar-refractivity contribution < 1.29 is 4.79 Å². The topological polar surface area (TPSA) is 79.0 Å². The van der Waals surface area contributed by atoms with Gasteiger partial charge in [-0.25, -0.2) is 0 Å². The zero-order valence-electron chi connectivity index (χ0n) is 12.0. The number of carbonyl (C=O) groups excluding carboxylic acids is 1. The Balaban J connectivity index is 1.88. The van der Waals surface area contributed by atoms with Gasteiger partial charge in [0.15, 0.2) is 0 Å². The first-order chi connectivity index (χ1) is 10.6. The van der Waals surface area contributed by atoms with Crippen molar-refractivity contribution >= 4 is 16.7 Å². The number of nitrogens with one attached hydrogen (secondary N) is 1. The van der Waals surface area contributed by atoms with E-state index in [2.05, 4.69) is 15.0 Å². The van der Waals surface area contributed by atoms with Gasteiger partial charge in [0.25, 0.3) is 11.5 Å². The van der Waals surface area contributed by atoms with Crippen LogP contribution in [0.15, 0.2) is 53.8 Å². The predicted octanol–water partition coefficient (Wildman–Crippen LogP) is 1.59. The Morgan fingerprint density at radius 1 is 1.18 bits per heavy atom. The molecule has 0 spiro atoms. The predicted molar refractivity (Wildman–Crippen MR) is 82.4 cm³/mol. The Bertz CT molecular complexity index is 883. The van der Waals surface area contributed by atoms with E-state index in [0.29, 0.717) is 6.54 Å². The van der Waals surface area contributed by atoms with Crippen molar-refractivity contribution in [3.05, 3.63) is 70.7 Å². The molecule has 0 fully saturated rings. The lowest BCUT2D eigenvalue weighted by atomic mass is 10.1. The molecule has 0 aliphatic heterocycles. The molecule has 2 aromatic heterocycles. The maximum absolute atomic E-state index is 12.3. The smallest absolute Gasteiger partial charge is 0.272 e. The number of carbonyl (C=O) groups is 1. The van der Waals surface area contributed by atoms with Crippen LogP contribution in [0, 0.1) is 0 Å². The van der Waals surface area contributed by atoms with E-state index in [1.807, 2.05) is 24.3 Å². The number of aromatic nitrogens is 3. The summed E-state index contributed by atoms with van der Waals surface area (Å²) in [4.78, 5) is 35.5. The summed E-state index contributed by atoms with van der Waals surface area (Å²) in [7, 11) is 1.69. The van der Waals surface area contributed by atoms with E-state index in [9.17, 15) is 9.59 Å². The molecule has 1 amide bonds. The number of H-pyrrole nitrogens is 1. The first-order valence-electron chi connectivity index (χ1n) is 6.76. The molecule has 22 heavy (non-hydrogen) atoms. The highest BCUT2D eigenvalue weighted by Crippen LogP contribution is 2.19.